The van der Waals surface area contributed by atoms with Crippen LogP contribution in [-0.4, -0.2) is 11.3 Å². The Bertz CT molecular complexity index is 5660. The molecule has 0 N–H and O–H groups in total. The molecule has 0 fully saturated rings. The van der Waals surface area contributed by atoms with Gasteiger partial charge in [-0.05, 0) is 151 Å². The summed E-state index contributed by atoms with van der Waals surface area (Å²) in [4.78, 5) is 5.11. The smallest absolute Gasteiger partial charge is 0.249 e. The number of rotatable bonds is 8. The summed E-state index contributed by atoms with van der Waals surface area (Å²) in [5, 5.41) is 6.86. The molecule has 19 rings (SSSR count). The van der Waals surface area contributed by atoms with Crippen LogP contribution < -0.4 is 21.3 Å². The lowest BCUT2D eigenvalue weighted by Crippen LogP contribution is -2.60. The molecule has 0 aliphatic carbocycles. The molecule has 0 unspecified atom stereocenters. The molecule has 2 aliphatic rings. The minimum Gasteiger partial charge on any atom is -0.456 e. The maximum Gasteiger partial charge on any atom is 0.249 e. The van der Waals surface area contributed by atoms with Gasteiger partial charge in [0.15, 0.2) is 0 Å². The summed E-state index contributed by atoms with van der Waals surface area (Å²) in [6, 6.07) is 114. The summed E-state index contributed by atoms with van der Waals surface area (Å²) < 4.78 is 15.6. The zero-order valence-electron chi connectivity index (χ0n) is 48.6. The maximum absolute atomic E-state index is 6.60. The Morgan fingerprint density at radius 3 is 1.19 bits per heavy atom. The molecule has 5 heterocycles. The molecule has 14 aromatic carbocycles. The van der Waals surface area contributed by atoms with Crippen LogP contribution in [0.3, 0.4) is 0 Å². The van der Waals surface area contributed by atoms with Gasteiger partial charge in [-0.25, -0.2) is 0 Å². The van der Waals surface area contributed by atoms with E-state index in [1.807, 2.05) is 11.8 Å². The summed E-state index contributed by atoms with van der Waals surface area (Å²) in [6.45, 7) is -0.106. The van der Waals surface area contributed by atoms with Crippen LogP contribution in [0.25, 0.3) is 138 Å². The van der Waals surface area contributed by atoms with Crippen LogP contribution in [0.15, 0.2) is 328 Å². The summed E-state index contributed by atoms with van der Waals surface area (Å²) in [7, 11) is 0. The van der Waals surface area contributed by atoms with Gasteiger partial charge < -0.3 is 18.3 Å². The second kappa shape index (κ2) is 20.1. The van der Waals surface area contributed by atoms with Crippen LogP contribution in [0.5, 0.6) is 0 Å². The van der Waals surface area contributed by atoms with Gasteiger partial charge in [0.2, 0.25) is 6.71 Å². The number of nitrogens with zero attached hydrogens (tertiary/aromatic N) is 2. The zero-order chi connectivity index (χ0) is 59.0. The second-order valence-corrected chi connectivity index (χ2v) is 24.9. The third-order valence-corrected chi connectivity index (χ3v) is 20.0. The highest BCUT2D eigenvalue weighted by Crippen LogP contribution is 2.51. The van der Waals surface area contributed by atoms with Gasteiger partial charge in [0.25, 0.3) is 0 Å². The minimum absolute atomic E-state index is 0.106. The average Bonchev–Trinajstić information content (AvgIpc) is 0.741. The van der Waals surface area contributed by atoms with Crippen molar-refractivity contribution in [3.8, 4) is 72.4 Å². The first-order valence-corrected chi connectivity index (χ1v) is 31.6. The Labute approximate surface area is 524 Å². The van der Waals surface area contributed by atoms with Gasteiger partial charge in [-0.2, -0.15) is 0 Å². The normalized spacial score (nSPS) is 12.6. The number of hydrogen-bond donors (Lipinski definition) is 0. The molecule has 0 spiro atoms. The van der Waals surface area contributed by atoms with Gasteiger partial charge in [-0.15, -0.1) is 0 Å². The molecule has 0 saturated carbocycles. The van der Waals surface area contributed by atoms with Crippen LogP contribution >= 0.6 is 11.8 Å². The molecule has 418 valence electrons. The summed E-state index contributed by atoms with van der Waals surface area (Å²) in [5.41, 5.74) is 28.0. The predicted octanol–water partition coefficient (Wildman–Crippen LogP) is 21.3. The second-order valence-electron chi connectivity index (χ2n) is 23.9. The lowest BCUT2D eigenvalue weighted by atomic mass is 9.34. The van der Waals surface area contributed by atoms with Crippen molar-refractivity contribution in [2.45, 2.75) is 9.79 Å². The Morgan fingerprint density at radius 2 is 0.689 bits per heavy atom. The van der Waals surface area contributed by atoms with Gasteiger partial charge >= 0.3 is 0 Å². The fourth-order valence-electron chi connectivity index (χ4n) is 14.7. The van der Waals surface area contributed by atoms with Crippen LogP contribution in [0, 0.1) is 0 Å². The Morgan fingerprint density at radius 1 is 0.278 bits per heavy atom. The molecule has 0 radical (unpaired) electrons. The number of furan rings is 2. The molecular formula is C84H51BN2O2S. The first kappa shape index (κ1) is 50.8. The molecule has 0 amide bonds. The highest BCUT2D eigenvalue weighted by atomic mass is 32.2. The van der Waals surface area contributed by atoms with Crippen molar-refractivity contribution in [2.75, 3.05) is 4.90 Å². The van der Waals surface area contributed by atoms with Crippen molar-refractivity contribution in [3.05, 3.63) is 309 Å². The standard InChI is InChI=1S/C84H51BN2O2S/c1-5-18-52(19-6-1)56-34-40-77-67(44-56)69-46-58(36-42-79(69)88-77)60-32-38-71-75(48-60)87(84-63(54-22-9-3-10-23-54)28-17-29-64(84)55-24-11-4-12-25-55)76-50-62(86-73-30-15-13-26-65(73)66-27-14-16-31-74(66)86)51-82-83(76)85(71)72-39-33-61(49-81(72)90-82)59-37-43-80-70(47-59)68-45-57(35-41-78(68)89-80)53-20-7-2-8-21-53/h1-51H. The molecule has 3 aromatic heterocycles. The highest BCUT2D eigenvalue weighted by molar-refractivity contribution is 8.00. The molecule has 4 nitrogen and oxygen atoms in total. The van der Waals surface area contributed by atoms with E-state index in [4.69, 9.17) is 8.83 Å². The molecule has 90 heavy (non-hydrogen) atoms. The van der Waals surface area contributed by atoms with Gasteiger partial charge in [-0.1, -0.05) is 242 Å². The fraction of sp³-hybridized carbons (Fsp3) is 0. The van der Waals surface area contributed by atoms with Crippen molar-refractivity contribution < 1.29 is 8.83 Å². The molecule has 0 saturated heterocycles. The van der Waals surface area contributed by atoms with Gasteiger partial charge in [0, 0.05) is 70.3 Å². The van der Waals surface area contributed by atoms with E-state index in [-0.39, 0.29) is 6.71 Å². The molecule has 6 heteroatoms. The van der Waals surface area contributed by atoms with Gasteiger partial charge in [0.1, 0.15) is 22.3 Å². The number of benzene rings is 14. The first-order valence-electron chi connectivity index (χ1n) is 30.8. The molecule has 0 atom stereocenters. The Balaban J connectivity index is 0.868. The highest BCUT2D eigenvalue weighted by Gasteiger charge is 2.43. The Kier molecular flexibility index (Phi) is 11.4. The summed E-state index contributed by atoms with van der Waals surface area (Å²) in [6.07, 6.45) is 0. The van der Waals surface area contributed by atoms with Crippen molar-refractivity contribution in [1.82, 2.24) is 4.57 Å². The van der Waals surface area contributed by atoms with Crippen molar-refractivity contribution >= 4 is 118 Å². The number of hydrogen-bond acceptors (Lipinski definition) is 4. The predicted molar refractivity (Wildman–Crippen MR) is 378 cm³/mol. The number of fused-ring (bicyclic) bond motifs is 13. The monoisotopic (exact) mass is 1160 g/mol. The van der Waals surface area contributed by atoms with E-state index in [9.17, 15) is 0 Å². The molecule has 2 aliphatic heterocycles. The molecule has 0 bridgehead atoms. The molecular weight excluding hydrogens is 1110 g/mol. The quantitative estimate of drug-likeness (QED) is 0.142. The maximum atomic E-state index is 6.60. The summed E-state index contributed by atoms with van der Waals surface area (Å²) >= 11 is 1.90. The van der Waals surface area contributed by atoms with E-state index in [0.29, 0.717) is 0 Å². The van der Waals surface area contributed by atoms with Crippen LogP contribution in [0.2, 0.25) is 0 Å². The van der Waals surface area contributed by atoms with Gasteiger partial charge in [-0.3, -0.25) is 0 Å². The van der Waals surface area contributed by atoms with E-state index in [2.05, 4.69) is 319 Å². The fourth-order valence-corrected chi connectivity index (χ4v) is 15.9. The number of anilines is 3. The van der Waals surface area contributed by atoms with E-state index < -0.39 is 0 Å². The van der Waals surface area contributed by atoms with Crippen LogP contribution in [0.4, 0.5) is 17.1 Å². The number of para-hydroxylation sites is 3. The average molecular weight is 1160 g/mol. The van der Waals surface area contributed by atoms with Crippen LogP contribution in [0.1, 0.15) is 0 Å². The van der Waals surface area contributed by atoms with Crippen LogP contribution in [-0.2, 0) is 0 Å². The largest absolute Gasteiger partial charge is 0.456 e. The topological polar surface area (TPSA) is 34.5 Å². The summed E-state index contributed by atoms with van der Waals surface area (Å²) in [5.74, 6) is 0. The third kappa shape index (κ3) is 7.98. The van der Waals surface area contributed by atoms with Crippen molar-refractivity contribution in [2.24, 2.45) is 0 Å². The van der Waals surface area contributed by atoms with E-state index in [1.165, 1.54) is 64.7 Å². The SMILES string of the molecule is c1ccc(-c2ccc3oc4ccc(-c5ccc6c(c5)Sc5cc(-n7c8ccccc8c8ccccc87)cc7c5B6c5ccc(-c6ccc8oc9ccc(-c%10ccccc%10)cc9c8c6)cc5N7c5c(-c6ccccc6)cccc5-c5ccccc5)cc4c3c2)cc1. The lowest BCUT2D eigenvalue weighted by Gasteiger charge is -2.42. The minimum atomic E-state index is -0.106. The van der Waals surface area contributed by atoms with E-state index in [1.54, 1.807) is 0 Å². The van der Waals surface area contributed by atoms with E-state index in [0.717, 1.165) is 117 Å². The van der Waals surface area contributed by atoms with Gasteiger partial charge in [0.05, 0.1) is 16.7 Å². The molecule has 17 aromatic rings. The van der Waals surface area contributed by atoms with Crippen molar-refractivity contribution in [1.29, 1.82) is 0 Å². The zero-order valence-corrected chi connectivity index (χ0v) is 49.5. The lowest BCUT2D eigenvalue weighted by molar-refractivity contribution is 0.668. The first-order chi connectivity index (χ1) is 44.6. The van der Waals surface area contributed by atoms with E-state index >= 15 is 0 Å². The van der Waals surface area contributed by atoms with Crippen molar-refractivity contribution in [3.63, 3.8) is 0 Å². The Hall–Kier alpha value is -11.3. The third-order valence-electron chi connectivity index (χ3n) is 18.8. The number of aromatic nitrogens is 1.